The number of sulfonamides is 1. The summed E-state index contributed by atoms with van der Waals surface area (Å²) in [4.78, 5) is 0. The Morgan fingerprint density at radius 2 is 2.21 bits per heavy atom. The Kier molecular flexibility index (Phi) is 3.35. The molecule has 0 N–H and O–H groups in total. The van der Waals surface area contributed by atoms with Crippen molar-refractivity contribution in [1.29, 1.82) is 0 Å². The van der Waals surface area contributed by atoms with Gasteiger partial charge in [-0.25, -0.2) is 8.42 Å². The van der Waals surface area contributed by atoms with E-state index in [0.29, 0.717) is 19.6 Å². The molecular formula is C13H16BrNO3S. The van der Waals surface area contributed by atoms with E-state index < -0.39 is 15.3 Å². The third-order valence-electron chi connectivity index (χ3n) is 3.89. The van der Waals surface area contributed by atoms with Crippen molar-refractivity contribution in [2.45, 2.75) is 31.1 Å². The van der Waals surface area contributed by atoms with Gasteiger partial charge in [-0.3, -0.25) is 4.31 Å². The number of nitrogens with zero attached hydrogens (tertiary/aromatic N) is 1. The summed E-state index contributed by atoms with van der Waals surface area (Å²) in [6.07, 6.45) is 1.14. The second-order valence-electron chi connectivity index (χ2n) is 5.04. The summed E-state index contributed by atoms with van der Waals surface area (Å²) >= 11 is 3.42. The first-order chi connectivity index (χ1) is 9.00. The number of fused-ring (bicyclic) bond motifs is 1. The molecule has 1 saturated heterocycles. The normalized spacial score (nSPS) is 26.7. The van der Waals surface area contributed by atoms with E-state index in [-0.39, 0.29) is 6.10 Å². The zero-order valence-electron chi connectivity index (χ0n) is 10.7. The fourth-order valence-electron chi connectivity index (χ4n) is 2.87. The van der Waals surface area contributed by atoms with Crippen LogP contribution in [0.4, 0.5) is 5.69 Å². The van der Waals surface area contributed by atoms with Crippen LogP contribution in [0, 0.1) is 0 Å². The van der Waals surface area contributed by atoms with Gasteiger partial charge in [0.25, 0.3) is 0 Å². The predicted molar refractivity (Wildman–Crippen MR) is 77.9 cm³/mol. The van der Waals surface area contributed by atoms with Crippen LogP contribution in [0.5, 0.6) is 0 Å². The van der Waals surface area contributed by atoms with Crippen molar-refractivity contribution in [2.75, 3.05) is 17.5 Å². The largest absolute Gasteiger partial charge is 0.377 e. The molecule has 4 nitrogen and oxygen atoms in total. The molecule has 0 saturated carbocycles. The number of hydrogen-bond donors (Lipinski definition) is 0. The first-order valence-corrected chi connectivity index (χ1v) is 8.71. The van der Waals surface area contributed by atoms with Gasteiger partial charge in [-0.1, -0.05) is 15.9 Å². The van der Waals surface area contributed by atoms with E-state index >= 15 is 0 Å². The van der Waals surface area contributed by atoms with Gasteiger partial charge in [-0.15, -0.1) is 0 Å². The second-order valence-corrected chi connectivity index (χ2v) is 8.04. The predicted octanol–water partition coefficient (Wildman–Crippen LogP) is 2.32. The van der Waals surface area contributed by atoms with E-state index in [1.54, 1.807) is 4.31 Å². The maximum absolute atomic E-state index is 12.7. The summed E-state index contributed by atoms with van der Waals surface area (Å²) in [7, 11) is -3.32. The van der Waals surface area contributed by atoms with Gasteiger partial charge in [0.15, 0.2) is 0 Å². The number of halogens is 1. The summed E-state index contributed by atoms with van der Waals surface area (Å²) < 4.78 is 33.4. The molecule has 0 radical (unpaired) electrons. The van der Waals surface area contributed by atoms with Crippen molar-refractivity contribution < 1.29 is 13.2 Å². The van der Waals surface area contributed by atoms with Crippen molar-refractivity contribution >= 4 is 31.6 Å². The molecule has 2 aliphatic rings. The van der Waals surface area contributed by atoms with Crippen LogP contribution in [0.2, 0.25) is 0 Å². The Hall–Kier alpha value is -0.590. The van der Waals surface area contributed by atoms with Gasteiger partial charge in [-0.05, 0) is 43.5 Å². The average molecular weight is 346 g/mol. The first-order valence-electron chi connectivity index (χ1n) is 6.42. The Labute approximate surface area is 121 Å². The summed E-state index contributed by atoms with van der Waals surface area (Å²) in [5.74, 6) is 0. The highest BCUT2D eigenvalue weighted by Gasteiger charge is 2.41. The van der Waals surface area contributed by atoms with Crippen LogP contribution >= 0.6 is 15.9 Å². The van der Waals surface area contributed by atoms with Gasteiger partial charge >= 0.3 is 0 Å². The van der Waals surface area contributed by atoms with Crippen molar-refractivity contribution in [1.82, 2.24) is 0 Å². The summed E-state index contributed by atoms with van der Waals surface area (Å²) in [6, 6.07) is 5.77. The van der Waals surface area contributed by atoms with E-state index in [4.69, 9.17) is 4.74 Å². The van der Waals surface area contributed by atoms with Crippen molar-refractivity contribution in [3.8, 4) is 0 Å². The van der Waals surface area contributed by atoms with Crippen LogP contribution in [0.15, 0.2) is 22.7 Å². The fraction of sp³-hybridized carbons (Fsp3) is 0.538. The topological polar surface area (TPSA) is 46.6 Å². The van der Waals surface area contributed by atoms with E-state index in [2.05, 4.69) is 15.9 Å². The number of ether oxygens (including phenoxy) is 1. The van der Waals surface area contributed by atoms with E-state index in [1.807, 2.05) is 25.1 Å². The lowest BCUT2D eigenvalue weighted by Crippen LogP contribution is -2.40. The van der Waals surface area contributed by atoms with Gasteiger partial charge in [0, 0.05) is 17.6 Å². The van der Waals surface area contributed by atoms with Crippen molar-refractivity contribution in [3.63, 3.8) is 0 Å². The summed E-state index contributed by atoms with van der Waals surface area (Å²) in [5.41, 5.74) is 1.91. The summed E-state index contributed by atoms with van der Waals surface area (Å²) in [6.45, 7) is 2.91. The lowest BCUT2D eigenvalue weighted by molar-refractivity contribution is 0.126. The van der Waals surface area contributed by atoms with Crippen LogP contribution in [0.3, 0.4) is 0 Å². The first kappa shape index (κ1) is 13.4. The number of anilines is 1. The average Bonchev–Trinajstić information content (AvgIpc) is 2.94. The Morgan fingerprint density at radius 3 is 2.89 bits per heavy atom. The zero-order valence-corrected chi connectivity index (χ0v) is 13.1. The molecule has 2 aliphatic heterocycles. The second kappa shape index (κ2) is 4.75. The molecule has 19 heavy (non-hydrogen) atoms. The van der Waals surface area contributed by atoms with Crippen LogP contribution in [-0.2, 0) is 21.2 Å². The van der Waals surface area contributed by atoms with Gasteiger partial charge in [0.05, 0.1) is 11.8 Å². The molecule has 1 fully saturated rings. The van der Waals surface area contributed by atoms with Crippen LogP contribution < -0.4 is 4.31 Å². The van der Waals surface area contributed by atoms with Crippen LogP contribution in [0.1, 0.15) is 18.9 Å². The van der Waals surface area contributed by atoms with Gasteiger partial charge in [0.2, 0.25) is 10.0 Å². The minimum atomic E-state index is -3.32. The lowest BCUT2D eigenvalue weighted by Gasteiger charge is -2.25. The molecular weight excluding hydrogens is 330 g/mol. The molecule has 3 rings (SSSR count). The molecule has 0 unspecified atom stereocenters. The Bertz CT molecular complexity index is 602. The van der Waals surface area contributed by atoms with Gasteiger partial charge < -0.3 is 4.74 Å². The van der Waals surface area contributed by atoms with Crippen LogP contribution in [-0.4, -0.2) is 32.9 Å². The maximum atomic E-state index is 12.7. The van der Waals surface area contributed by atoms with E-state index in [0.717, 1.165) is 22.1 Å². The molecule has 1 aromatic carbocycles. The van der Waals surface area contributed by atoms with E-state index in [9.17, 15) is 8.42 Å². The number of benzene rings is 1. The molecule has 0 spiro atoms. The molecule has 0 aromatic heterocycles. The highest BCUT2D eigenvalue weighted by molar-refractivity contribution is 9.10. The molecule has 2 atom stereocenters. The zero-order chi connectivity index (χ0) is 13.6. The summed E-state index contributed by atoms with van der Waals surface area (Å²) in [5, 5.41) is -0.415. The molecule has 0 aliphatic carbocycles. The maximum Gasteiger partial charge on any atom is 0.240 e. The highest BCUT2D eigenvalue weighted by atomic mass is 79.9. The molecule has 0 bridgehead atoms. The van der Waals surface area contributed by atoms with Crippen molar-refractivity contribution in [3.05, 3.63) is 28.2 Å². The molecule has 2 heterocycles. The minimum Gasteiger partial charge on any atom is -0.377 e. The smallest absolute Gasteiger partial charge is 0.240 e. The molecule has 104 valence electrons. The van der Waals surface area contributed by atoms with Gasteiger partial charge in [0.1, 0.15) is 5.25 Å². The van der Waals surface area contributed by atoms with Crippen LogP contribution in [0.25, 0.3) is 0 Å². The van der Waals surface area contributed by atoms with E-state index in [1.165, 1.54) is 0 Å². The quantitative estimate of drug-likeness (QED) is 0.826. The lowest BCUT2D eigenvalue weighted by atomic mass is 10.2. The minimum absolute atomic E-state index is 0.218. The third-order valence-corrected chi connectivity index (χ3v) is 6.76. The van der Waals surface area contributed by atoms with Gasteiger partial charge in [-0.2, -0.15) is 0 Å². The third kappa shape index (κ3) is 2.19. The molecule has 6 heteroatoms. The SMILES string of the molecule is C[C@@H]1OCC[C@H]1S(=O)(=O)N1CCc2cc(Br)ccc21. The number of hydrogen-bond acceptors (Lipinski definition) is 3. The van der Waals surface area contributed by atoms with Crippen molar-refractivity contribution in [2.24, 2.45) is 0 Å². The molecule has 0 amide bonds. The molecule has 1 aromatic rings. The Morgan fingerprint density at radius 1 is 1.42 bits per heavy atom. The number of rotatable bonds is 2. The fourth-order valence-corrected chi connectivity index (χ4v) is 5.36. The highest BCUT2D eigenvalue weighted by Crippen LogP contribution is 2.35. The Balaban J connectivity index is 1.97. The monoisotopic (exact) mass is 345 g/mol. The standard InChI is InChI=1S/C13H16BrNO3S/c1-9-13(5-7-18-9)19(16,17)15-6-4-10-8-11(14)2-3-12(10)15/h2-3,8-9,13H,4-7H2,1H3/t9-,13+/m0/s1.